The Labute approximate surface area is 104 Å². The summed E-state index contributed by atoms with van der Waals surface area (Å²) < 4.78 is 17.0. The quantitative estimate of drug-likeness (QED) is 0.455. The second-order valence-corrected chi connectivity index (χ2v) is 4.17. The zero-order valence-electron chi connectivity index (χ0n) is 9.08. The number of nitrogens with zero attached hydrogens (tertiary/aromatic N) is 2. The Morgan fingerprint density at radius 3 is 3.00 bits per heavy atom. The number of hydrogen-bond acceptors (Lipinski definition) is 3. The second-order valence-electron chi connectivity index (χ2n) is 2.93. The molecular weight excluding hydrogens is 247 g/mol. The van der Waals surface area contributed by atoms with Crippen molar-refractivity contribution in [1.29, 1.82) is 0 Å². The summed E-state index contributed by atoms with van der Waals surface area (Å²) in [6.45, 7) is 3.86. The van der Waals surface area contributed by atoms with E-state index >= 15 is 0 Å². The van der Waals surface area contributed by atoms with Gasteiger partial charge in [-0.15, -0.1) is 0 Å². The Balaban J connectivity index is 3.01. The average Bonchev–Trinajstić information content (AvgIpc) is 2.28. The highest BCUT2D eigenvalue weighted by Crippen LogP contribution is 2.30. The molecule has 0 fully saturated rings. The molecule has 0 aliphatic rings. The van der Waals surface area contributed by atoms with E-state index in [9.17, 15) is 4.39 Å². The van der Waals surface area contributed by atoms with E-state index in [1.807, 2.05) is 19.9 Å². The summed E-state index contributed by atoms with van der Waals surface area (Å²) in [7, 11) is 0. The van der Waals surface area contributed by atoms with Gasteiger partial charge in [-0.1, -0.05) is 24.6 Å². The van der Waals surface area contributed by atoms with Crippen molar-refractivity contribution in [3.8, 4) is 0 Å². The molecule has 0 radical (unpaired) electrons. The molecule has 0 aliphatic carbocycles. The van der Waals surface area contributed by atoms with Crippen LogP contribution in [-0.4, -0.2) is 11.2 Å². The maximum atomic E-state index is 12.9. The first-order valence-corrected chi connectivity index (χ1v) is 6.00. The zero-order valence-corrected chi connectivity index (χ0v) is 10.6. The molecule has 0 bridgehead atoms. The molecule has 5 heteroatoms. The molecule has 1 heterocycles. The molecule has 0 spiro atoms. The van der Waals surface area contributed by atoms with Crippen LogP contribution in [0.2, 0.25) is 5.02 Å². The summed E-state index contributed by atoms with van der Waals surface area (Å²) in [5.41, 5.74) is 0.781. The van der Waals surface area contributed by atoms with Gasteiger partial charge >= 0.3 is 0 Å². The third-order valence-electron chi connectivity index (χ3n) is 1.73. The van der Waals surface area contributed by atoms with E-state index in [1.54, 1.807) is 12.3 Å². The van der Waals surface area contributed by atoms with Crippen molar-refractivity contribution in [1.82, 2.24) is 4.98 Å². The van der Waals surface area contributed by atoms with Gasteiger partial charge < -0.3 is 0 Å². The number of rotatable bonds is 4. The lowest BCUT2D eigenvalue weighted by Crippen LogP contribution is -1.88. The van der Waals surface area contributed by atoms with Crippen molar-refractivity contribution in [3.63, 3.8) is 0 Å². The van der Waals surface area contributed by atoms with Gasteiger partial charge in [-0.3, -0.25) is 0 Å². The number of allylic oxidation sites excluding steroid dienone is 1. The summed E-state index contributed by atoms with van der Waals surface area (Å²) in [5.74, 6) is -0.648. The largest absolute Gasteiger partial charge is 0.231 e. The molecule has 0 atom stereocenters. The van der Waals surface area contributed by atoms with Crippen LogP contribution in [0, 0.1) is 5.95 Å². The van der Waals surface area contributed by atoms with Crippen molar-refractivity contribution in [2.24, 2.45) is 4.40 Å². The van der Waals surface area contributed by atoms with Crippen molar-refractivity contribution in [3.05, 3.63) is 34.9 Å². The van der Waals surface area contributed by atoms with Crippen molar-refractivity contribution >= 4 is 34.7 Å². The van der Waals surface area contributed by atoms with Crippen LogP contribution in [0.15, 0.2) is 22.7 Å². The molecule has 0 saturated heterocycles. The lowest BCUT2D eigenvalue weighted by atomic mass is 10.2. The van der Waals surface area contributed by atoms with Gasteiger partial charge in [0.2, 0.25) is 5.95 Å². The van der Waals surface area contributed by atoms with Gasteiger partial charge in [0.15, 0.2) is 0 Å². The SMILES string of the molecule is C/C=N/S/C(=C\CC)c1cnc(F)c(Cl)c1. The topological polar surface area (TPSA) is 25.2 Å². The fourth-order valence-electron chi connectivity index (χ4n) is 1.06. The predicted molar refractivity (Wildman–Crippen MR) is 69.2 cm³/mol. The summed E-state index contributed by atoms with van der Waals surface area (Å²) in [6, 6.07) is 1.56. The number of halogens is 2. The van der Waals surface area contributed by atoms with Gasteiger partial charge in [0.25, 0.3) is 0 Å². The predicted octanol–water partition coefficient (Wildman–Crippen LogP) is 4.36. The molecule has 0 N–H and O–H groups in total. The molecule has 0 amide bonds. The fourth-order valence-corrected chi connectivity index (χ4v) is 1.90. The van der Waals surface area contributed by atoms with Crippen LogP contribution < -0.4 is 0 Å². The molecule has 0 unspecified atom stereocenters. The van der Waals surface area contributed by atoms with Gasteiger partial charge in [-0.05, 0) is 19.4 Å². The smallest absolute Gasteiger partial charge is 0.226 e. The minimum Gasteiger partial charge on any atom is -0.226 e. The molecule has 1 rings (SSSR count). The first-order chi connectivity index (χ1) is 7.69. The Bertz CT molecular complexity index is 418. The van der Waals surface area contributed by atoms with Crippen LogP contribution >= 0.6 is 23.5 Å². The third kappa shape index (κ3) is 3.61. The molecule has 86 valence electrons. The van der Waals surface area contributed by atoms with E-state index in [0.29, 0.717) is 0 Å². The first-order valence-electron chi connectivity index (χ1n) is 4.85. The van der Waals surface area contributed by atoms with E-state index in [0.717, 1.165) is 16.9 Å². The normalized spacial score (nSPS) is 12.4. The molecule has 0 aliphatic heterocycles. The van der Waals surface area contributed by atoms with Crippen molar-refractivity contribution < 1.29 is 4.39 Å². The number of hydrogen-bond donors (Lipinski definition) is 0. The van der Waals surface area contributed by atoms with Crippen molar-refractivity contribution in [2.45, 2.75) is 20.3 Å². The molecule has 0 saturated carbocycles. The van der Waals surface area contributed by atoms with Gasteiger partial charge in [0, 0.05) is 34.8 Å². The molecular formula is C11H12ClFN2S. The third-order valence-corrected chi connectivity index (χ3v) is 2.91. The Hall–Kier alpha value is -0.870. The zero-order chi connectivity index (χ0) is 12.0. The Kier molecular flexibility index (Phi) is 5.49. The van der Waals surface area contributed by atoms with Crippen LogP contribution in [0.5, 0.6) is 0 Å². The van der Waals surface area contributed by atoms with Gasteiger partial charge in [-0.2, -0.15) is 4.39 Å². The Morgan fingerprint density at radius 2 is 2.44 bits per heavy atom. The van der Waals surface area contributed by atoms with Crippen LogP contribution in [0.1, 0.15) is 25.8 Å². The van der Waals surface area contributed by atoms with Crippen LogP contribution in [0.4, 0.5) is 4.39 Å². The molecule has 1 aromatic heterocycles. The van der Waals surface area contributed by atoms with Gasteiger partial charge in [0.05, 0.1) is 5.02 Å². The standard InChI is InChI=1S/C11H12ClFN2S/c1-3-5-10(16-15-4-2)8-6-9(12)11(13)14-7-8/h4-7H,3H2,1-2H3/b10-5-,15-4+. The highest BCUT2D eigenvalue weighted by atomic mass is 35.5. The summed E-state index contributed by atoms with van der Waals surface area (Å²) in [6.07, 6.45) is 6.03. The monoisotopic (exact) mass is 258 g/mol. The van der Waals surface area contributed by atoms with Crippen LogP contribution in [-0.2, 0) is 0 Å². The van der Waals surface area contributed by atoms with E-state index in [4.69, 9.17) is 11.6 Å². The van der Waals surface area contributed by atoms with Crippen LogP contribution in [0.3, 0.4) is 0 Å². The summed E-state index contributed by atoms with van der Waals surface area (Å²) in [4.78, 5) is 4.51. The maximum absolute atomic E-state index is 12.9. The molecule has 0 aromatic carbocycles. The Morgan fingerprint density at radius 1 is 1.69 bits per heavy atom. The minimum atomic E-state index is -0.648. The first kappa shape index (κ1) is 13.2. The lowest BCUT2D eigenvalue weighted by molar-refractivity contribution is 0.584. The van der Waals surface area contributed by atoms with Gasteiger partial charge in [0.1, 0.15) is 0 Å². The fraction of sp³-hybridized carbons (Fsp3) is 0.273. The second kappa shape index (κ2) is 6.66. The van der Waals surface area contributed by atoms with E-state index < -0.39 is 5.95 Å². The average molecular weight is 259 g/mol. The maximum Gasteiger partial charge on any atom is 0.231 e. The highest BCUT2D eigenvalue weighted by molar-refractivity contribution is 8.07. The highest BCUT2D eigenvalue weighted by Gasteiger charge is 2.06. The summed E-state index contributed by atoms with van der Waals surface area (Å²) in [5, 5.41) is 0.0283. The molecule has 1 aromatic rings. The summed E-state index contributed by atoms with van der Waals surface area (Å²) >= 11 is 7.00. The van der Waals surface area contributed by atoms with E-state index in [1.165, 1.54) is 18.1 Å². The molecule has 2 nitrogen and oxygen atoms in total. The number of aromatic nitrogens is 1. The van der Waals surface area contributed by atoms with E-state index in [-0.39, 0.29) is 5.02 Å². The van der Waals surface area contributed by atoms with Crippen molar-refractivity contribution in [2.75, 3.05) is 0 Å². The molecule has 16 heavy (non-hydrogen) atoms. The van der Waals surface area contributed by atoms with E-state index in [2.05, 4.69) is 9.38 Å². The lowest BCUT2D eigenvalue weighted by Gasteiger charge is -2.04. The number of pyridine rings is 1. The van der Waals surface area contributed by atoms with Gasteiger partial charge in [-0.25, -0.2) is 9.38 Å². The van der Waals surface area contributed by atoms with Crippen LogP contribution in [0.25, 0.3) is 4.91 Å². The minimum absolute atomic E-state index is 0.0283.